The van der Waals surface area contributed by atoms with E-state index in [1.165, 1.54) is 0 Å². The van der Waals surface area contributed by atoms with Crippen LogP contribution in [0, 0.1) is 0 Å². The highest BCUT2D eigenvalue weighted by Gasteiger charge is 2.16. The van der Waals surface area contributed by atoms with Gasteiger partial charge in [0, 0.05) is 25.5 Å². The average molecular weight is 210 g/mol. The van der Waals surface area contributed by atoms with Crippen LogP contribution in [0.4, 0.5) is 4.79 Å². The predicted molar refractivity (Wildman–Crippen MR) is 53.2 cm³/mol. The van der Waals surface area contributed by atoms with Gasteiger partial charge in [0.2, 0.25) is 0 Å². The summed E-state index contributed by atoms with van der Waals surface area (Å²) < 4.78 is 5.16. The van der Waals surface area contributed by atoms with E-state index in [0.717, 1.165) is 5.82 Å². The normalized spacial score (nSPS) is 16.4. The van der Waals surface area contributed by atoms with Crippen LogP contribution in [0.2, 0.25) is 0 Å². The number of nitrogens with zero attached hydrogens (tertiary/aromatic N) is 2. The van der Waals surface area contributed by atoms with Crippen LogP contribution in [-0.4, -0.2) is 47.2 Å². The van der Waals surface area contributed by atoms with Gasteiger partial charge in [-0.05, 0) is 0 Å². The molecule has 0 aromatic carbocycles. The molecule has 2 amide bonds. The minimum Gasteiger partial charge on any atom is -0.378 e. The molecular formula is C9H14N4O2. The largest absolute Gasteiger partial charge is 0.378 e. The van der Waals surface area contributed by atoms with E-state index in [2.05, 4.69) is 15.3 Å². The maximum atomic E-state index is 11.6. The average Bonchev–Trinajstić information content (AvgIpc) is 2.80. The van der Waals surface area contributed by atoms with Gasteiger partial charge in [0.15, 0.2) is 0 Å². The van der Waals surface area contributed by atoms with Crippen molar-refractivity contribution in [2.45, 2.75) is 6.54 Å². The highest BCUT2D eigenvalue weighted by atomic mass is 16.5. The number of rotatable bonds is 2. The molecule has 1 saturated heterocycles. The first kappa shape index (κ1) is 9.97. The van der Waals surface area contributed by atoms with E-state index in [0.29, 0.717) is 32.8 Å². The van der Waals surface area contributed by atoms with Crippen LogP contribution in [0.15, 0.2) is 12.4 Å². The number of aromatic nitrogens is 2. The summed E-state index contributed by atoms with van der Waals surface area (Å²) in [6.45, 7) is 2.99. The molecule has 0 atom stereocenters. The van der Waals surface area contributed by atoms with Gasteiger partial charge in [-0.25, -0.2) is 9.78 Å². The summed E-state index contributed by atoms with van der Waals surface area (Å²) in [5.41, 5.74) is 0. The van der Waals surface area contributed by atoms with Gasteiger partial charge in [0.25, 0.3) is 0 Å². The molecule has 0 spiro atoms. The number of hydrogen-bond acceptors (Lipinski definition) is 3. The minimum absolute atomic E-state index is 0.0605. The second kappa shape index (κ2) is 4.79. The topological polar surface area (TPSA) is 70.2 Å². The Morgan fingerprint density at radius 1 is 1.60 bits per heavy atom. The fraction of sp³-hybridized carbons (Fsp3) is 0.556. The lowest BCUT2D eigenvalue weighted by Crippen LogP contribution is -2.46. The van der Waals surface area contributed by atoms with Gasteiger partial charge in [0.1, 0.15) is 5.82 Å². The third-order valence-corrected chi connectivity index (χ3v) is 2.26. The van der Waals surface area contributed by atoms with Crippen molar-refractivity contribution in [1.82, 2.24) is 20.2 Å². The van der Waals surface area contributed by atoms with Gasteiger partial charge in [0.05, 0.1) is 19.8 Å². The van der Waals surface area contributed by atoms with E-state index in [-0.39, 0.29) is 6.03 Å². The second-order valence-electron chi connectivity index (χ2n) is 3.29. The molecule has 2 rings (SSSR count). The lowest BCUT2D eigenvalue weighted by atomic mass is 10.4. The number of morpholine rings is 1. The Hall–Kier alpha value is -1.56. The molecule has 15 heavy (non-hydrogen) atoms. The highest BCUT2D eigenvalue weighted by molar-refractivity contribution is 5.74. The minimum atomic E-state index is -0.0605. The molecule has 6 heteroatoms. The van der Waals surface area contributed by atoms with E-state index in [1.807, 2.05) is 0 Å². The van der Waals surface area contributed by atoms with Gasteiger partial charge in [-0.3, -0.25) is 0 Å². The van der Waals surface area contributed by atoms with E-state index in [1.54, 1.807) is 17.3 Å². The molecular weight excluding hydrogens is 196 g/mol. The first-order valence-corrected chi connectivity index (χ1v) is 4.95. The van der Waals surface area contributed by atoms with E-state index >= 15 is 0 Å². The summed E-state index contributed by atoms with van der Waals surface area (Å²) in [6.07, 6.45) is 3.40. The Kier molecular flexibility index (Phi) is 3.18. The van der Waals surface area contributed by atoms with Gasteiger partial charge >= 0.3 is 6.03 Å². The summed E-state index contributed by atoms with van der Waals surface area (Å²) in [5.74, 6) is 0.761. The van der Waals surface area contributed by atoms with Crippen LogP contribution >= 0.6 is 0 Å². The Labute approximate surface area is 87.6 Å². The first-order valence-electron chi connectivity index (χ1n) is 4.95. The van der Waals surface area contributed by atoms with Crippen molar-refractivity contribution in [2.75, 3.05) is 26.3 Å². The molecule has 6 nitrogen and oxygen atoms in total. The number of carbonyl (C=O) groups is 1. The molecule has 1 aliphatic heterocycles. The maximum Gasteiger partial charge on any atom is 0.317 e. The number of carbonyl (C=O) groups excluding carboxylic acids is 1. The first-order chi connectivity index (χ1) is 7.36. The van der Waals surface area contributed by atoms with Gasteiger partial charge in [-0.1, -0.05) is 0 Å². The number of urea groups is 1. The molecule has 2 heterocycles. The summed E-state index contributed by atoms with van der Waals surface area (Å²) in [7, 11) is 0. The van der Waals surface area contributed by atoms with Crippen LogP contribution in [0.1, 0.15) is 5.82 Å². The van der Waals surface area contributed by atoms with Crippen LogP contribution in [0.5, 0.6) is 0 Å². The van der Waals surface area contributed by atoms with Crippen molar-refractivity contribution in [1.29, 1.82) is 0 Å². The summed E-state index contributed by atoms with van der Waals surface area (Å²) in [6, 6.07) is -0.0605. The zero-order valence-electron chi connectivity index (χ0n) is 8.40. The Morgan fingerprint density at radius 3 is 3.07 bits per heavy atom. The van der Waals surface area contributed by atoms with E-state index in [4.69, 9.17) is 4.74 Å². The van der Waals surface area contributed by atoms with Crippen LogP contribution in [0.25, 0.3) is 0 Å². The Morgan fingerprint density at radius 2 is 2.40 bits per heavy atom. The number of ether oxygens (including phenoxy) is 1. The molecule has 0 aliphatic carbocycles. The smallest absolute Gasteiger partial charge is 0.317 e. The van der Waals surface area contributed by atoms with Crippen LogP contribution < -0.4 is 5.32 Å². The predicted octanol–water partition coefficient (Wildman–Crippen LogP) is -0.0485. The molecule has 0 unspecified atom stereocenters. The van der Waals surface area contributed by atoms with Crippen molar-refractivity contribution in [3.63, 3.8) is 0 Å². The van der Waals surface area contributed by atoms with E-state index < -0.39 is 0 Å². The summed E-state index contributed by atoms with van der Waals surface area (Å²) in [5, 5.41) is 2.79. The fourth-order valence-electron chi connectivity index (χ4n) is 1.43. The number of aromatic amines is 1. The molecule has 2 N–H and O–H groups in total. The molecule has 1 aromatic rings. The highest BCUT2D eigenvalue weighted by Crippen LogP contribution is 1.97. The van der Waals surface area contributed by atoms with Gasteiger partial charge in [-0.2, -0.15) is 0 Å². The fourth-order valence-corrected chi connectivity index (χ4v) is 1.43. The van der Waals surface area contributed by atoms with E-state index in [9.17, 15) is 4.79 Å². The van der Waals surface area contributed by atoms with Gasteiger partial charge in [-0.15, -0.1) is 0 Å². The van der Waals surface area contributed by atoms with Crippen molar-refractivity contribution >= 4 is 6.03 Å². The van der Waals surface area contributed by atoms with Crippen LogP contribution in [0.3, 0.4) is 0 Å². The SMILES string of the molecule is O=C(NCc1ncc[nH]1)N1CCOCC1. The summed E-state index contributed by atoms with van der Waals surface area (Å²) in [4.78, 5) is 20.3. The molecule has 0 saturated carbocycles. The van der Waals surface area contributed by atoms with Gasteiger partial charge < -0.3 is 19.9 Å². The molecule has 0 bridgehead atoms. The monoisotopic (exact) mass is 210 g/mol. The van der Waals surface area contributed by atoms with Crippen LogP contribution in [-0.2, 0) is 11.3 Å². The Balaban J connectivity index is 1.76. The van der Waals surface area contributed by atoms with Crippen molar-refractivity contribution in [3.8, 4) is 0 Å². The standard InChI is InChI=1S/C9H14N4O2/c14-9(13-3-5-15-6-4-13)12-7-8-10-1-2-11-8/h1-2H,3-7H2,(H,10,11)(H,12,14). The number of H-pyrrole nitrogens is 1. The molecule has 1 aromatic heterocycles. The third-order valence-electron chi connectivity index (χ3n) is 2.26. The number of imidazole rings is 1. The lowest BCUT2D eigenvalue weighted by Gasteiger charge is -2.26. The Bertz CT molecular complexity index is 306. The lowest BCUT2D eigenvalue weighted by molar-refractivity contribution is 0.0531. The molecule has 1 fully saturated rings. The quantitative estimate of drug-likeness (QED) is 0.719. The van der Waals surface area contributed by atoms with Crippen molar-refractivity contribution in [3.05, 3.63) is 18.2 Å². The number of nitrogens with one attached hydrogen (secondary N) is 2. The summed E-state index contributed by atoms with van der Waals surface area (Å²) >= 11 is 0. The number of amides is 2. The maximum absolute atomic E-state index is 11.6. The third kappa shape index (κ3) is 2.69. The zero-order chi connectivity index (χ0) is 10.5. The number of hydrogen-bond donors (Lipinski definition) is 2. The molecule has 0 radical (unpaired) electrons. The van der Waals surface area contributed by atoms with Crippen molar-refractivity contribution < 1.29 is 9.53 Å². The zero-order valence-corrected chi connectivity index (χ0v) is 8.40. The molecule has 82 valence electrons. The second-order valence-corrected chi connectivity index (χ2v) is 3.29. The molecule has 1 aliphatic rings. The van der Waals surface area contributed by atoms with Crippen molar-refractivity contribution in [2.24, 2.45) is 0 Å².